The SMILES string of the molecule is NCC#Cc1ccc(S(=O)(=O)NN2CCOCC2)c(Cl)c1. The Balaban J connectivity index is 2.19. The average Bonchev–Trinajstić information content (AvgIpc) is 2.45. The quantitative estimate of drug-likeness (QED) is 0.773. The smallest absolute Gasteiger partial charge is 0.254 e. The molecular weight excluding hydrogens is 314 g/mol. The van der Waals surface area contributed by atoms with Gasteiger partial charge in [-0.2, -0.15) is 0 Å². The third-order valence-corrected chi connectivity index (χ3v) is 4.67. The van der Waals surface area contributed by atoms with E-state index in [0.29, 0.717) is 31.9 Å². The first-order valence-corrected chi connectivity index (χ1v) is 8.22. The Bertz CT molecular complexity index is 661. The van der Waals surface area contributed by atoms with E-state index < -0.39 is 10.0 Å². The Morgan fingerprint density at radius 2 is 2.10 bits per heavy atom. The molecule has 0 aliphatic carbocycles. The second kappa shape index (κ2) is 7.22. The van der Waals surface area contributed by atoms with Gasteiger partial charge in [0, 0.05) is 18.7 Å². The van der Waals surface area contributed by atoms with Gasteiger partial charge in [-0.25, -0.2) is 13.4 Å². The number of rotatable bonds is 3. The highest BCUT2D eigenvalue weighted by Crippen LogP contribution is 2.22. The van der Waals surface area contributed by atoms with Crippen molar-refractivity contribution in [1.82, 2.24) is 9.84 Å². The van der Waals surface area contributed by atoms with E-state index >= 15 is 0 Å². The van der Waals surface area contributed by atoms with Crippen LogP contribution in [0.25, 0.3) is 0 Å². The van der Waals surface area contributed by atoms with Crippen LogP contribution >= 0.6 is 11.6 Å². The highest BCUT2D eigenvalue weighted by Gasteiger charge is 2.22. The Morgan fingerprint density at radius 3 is 2.71 bits per heavy atom. The molecule has 0 atom stereocenters. The van der Waals surface area contributed by atoms with Crippen molar-refractivity contribution in [2.24, 2.45) is 5.73 Å². The van der Waals surface area contributed by atoms with Crippen molar-refractivity contribution in [3.05, 3.63) is 28.8 Å². The summed E-state index contributed by atoms with van der Waals surface area (Å²) < 4.78 is 29.8. The fraction of sp³-hybridized carbons (Fsp3) is 0.385. The molecule has 1 saturated heterocycles. The first-order chi connectivity index (χ1) is 10.0. The molecular formula is C13H16ClN3O3S. The van der Waals surface area contributed by atoms with Gasteiger partial charge in [-0.1, -0.05) is 23.4 Å². The molecule has 21 heavy (non-hydrogen) atoms. The number of hydrogen-bond acceptors (Lipinski definition) is 5. The zero-order valence-corrected chi connectivity index (χ0v) is 12.9. The number of sulfonamides is 1. The topological polar surface area (TPSA) is 84.7 Å². The largest absolute Gasteiger partial charge is 0.379 e. The fourth-order valence-electron chi connectivity index (χ4n) is 1.82. The van der Waals surface area contributed by atoms with Gasteiger partial charge in [0.15, 0.2) is 0 Å². The molecule has 1 aromatic rings. The molecule has 114 valence electrons. The van der Waals surface area contributed by atoms with Crippen molar-refractivity contribution in [3.8, 4) is 11.8 Å². The zero-order chi connectivity index (χ0) is 15.3. The molecule has 0 spiro atoms. The third-order valence-electron chi connectivity index (χ3n) is 2.82. The molecule has 1 fully saturated rings. The van der Waals surface area contributed by atoms with Gasteiger partial charge in [0.05, 0.1) is 24.8 Å². The minimum atomic E-state index is -3.71. The number of halogens is 1. The van der Waals surface area contributed by atoms with Crippen LogP contribution in [-0.4, -0.2) is 46.3 Å². The predicted molar refractivity (Wildman–Crippen MR) is 80.1 cm³/mol. The Kier molecular flexibility index (Phi) is 5.58. The third kappa shape index (κ3) is 4.41. The standard InChI is InChI=1S/C13H16ClN3O3S/c14-12-10-11(2-1-5-15)3-4-13(12)21(18,19)16-17-6-8-20-9-7-17/h3-4,10,16H,5-9,15H2. The minimum absolute atomic E-state index is 0.0222. The number of benzene rings is 1. The van der Waals surface area contributed by atoms with Crippen LogP contribution in [0.15, 0.2) is 23.1 Å². The molecule has 3 N–H and O–H groups in total. The van der Waals surface area contributed by atoms with Crippen LogP contribution in [0.2, 0.25) is 5.02 Å². The first kappa shape index (κ1) is 16.2. The molecule has 6 nitrogen and oxygen atoms in total. The minimum Gasteiger partial charge on any atom is -0.379 e. The van der Waals surface area contributed by atoms with Crippen molar-refractivity contribution in [2.45, 2.75) is 4.90 Å². The van der Waals surface area contributed by atoms with E-state index in [2.05, 4.69) is 16.7 Å². The fourth-order valence-corrected chi connectivity index (χ4v) is 3.49. The number of nitrogens with zero attached hydrogens (tertiary/aromatic N) is 1. The summed E-state index contributed by atoms with van der Waals surface area (Å²) in [6.07, 6.45) is 0. The van der Waals surface area contributed by atoms with Crippen molar-refractivity contribution in [3.63, 3.8) is 0 Å². The lowest BCUT2D eigenvalue weighted by Gasteiger charge is -2.26. The molecule has 0 amide bonds. The second-order valence-corrected chi connectivity index (χ2v) is 6.38. The first-order valence-electron chi connectivity index (χ1n) is 6.36. The highest BCUT2D eigenvalue weighted by atomic mass is 35.5. The maximum atomic E-state index is 12.3. The number of nitrogens with one attached hydrogen (secondary N) is 1. The van der Waals surface area contributed by atoms with Crippen LogP contribution in [-0.2, 0) is 14.8 Å². The number of nitrogens with two attached hydrogens (primary N) is 1. The Morgan fingerprint density at radius 1 is 1.38 bits per heavy atom. The Labute approximate surface area is 129 Å². The van der Waals surface area contributed by atoms with E-state index in [4.69, 9.17) is 22.1 Å². The van der Waals surface area contributed by atoms with Crippen LogP contribution in [0.5, 0.6) is 0 Å². The molecule has 0 radical (unpaired) electrons. The van der Waals surface area contributed by atoms with Crippen LogP contribution in [0.3, 0.4) is 0 Å². The second-order valence-electron chi connectivity index (χ2n) is 4.35. The molecule has 1 heterocycles. The maximum Gasteiger partial charge on any atom is 0.254 e. The molecule has 1 aromatic carbocycles. The molecule has 2 rings (SSSR count). The maximum absolute atomic E-state index is 12.3. The summed E-state index contributed by atoms with van der Waals surface area (Å²) in [5.41, 5.74) is 5.91. The molecule has 0 bridgehead atoms. The summed E-state index contributed by atoms with van der Waals surface area (Å²) in [6.45, 7) is 2.21. The van der Waals surface area contributed by atoms with Gasteiger partial charge < -0.3 is 10.5 Å². The van der Waals surface area contributed by atoms with Crippen molar-refractivity contribution in [2.75, 3.05) is 32.8 Å². The number of morpholine rings is 1. The van der Waals surface area contributed by atoms with Gasteiger partial charge in [-0.15, -0.1) is 4.83 Å². The summed E-state index contributed by atoms with van der Waals surface area (Å²) in [5.74, 6) is 5.49. The van der Waals surface area contributed by atoms with Gasteiger partial charge in [0.25, 0.3) is 10.0 Å². The van der Waals surface area contributed by atoms with Gasteiger partial charge in [-0.05, 0) is 18.2 Å². The van der Waals surface area contributed by atoms with E-state index in [1.165, 1.54) is 12.1 Å². The molecule has 1 aliphatic rings. The van der Waals surface area contributed by atoms with Gasteiger partial charge in [-0.3, -0.25) is 0 Å². The van der Waals surface area contributed by atoms with Crippen LogP contribution in [0.4, 0.5) is 0 Å². The predicted octanol–water partition coefficient (Wildman–Crippen LogP) is 0.176. The normalized spacial score (nSPS) is 16.3. The lowest BCUT2D eigenvalue weighted by Crippen LogP contribution is -2.48. The molecule has 0 aromatic heterocycles. The summed E-state index contributed by atoms with van der Waals surface area (Å²) in [5, 5.41) is 1.72. The monoisotopic (exact) mass is 329 g/mol. The lowest BCUT2D eigenvalue weighted by atomic mass is 10.2. The number of hydrazine groups is 1. The van der Waals surface area contributed by atoms with E-state index in [0.717, 1.165) is 0 Å². The summed E-state index contributed by atoms with van der Waals surface area (Å²) in [6, 6.07) is 4.55. The van der Waals surface area contributed by atoms with Crippen LogP contribution < -0.4 is 10.6 Å². The van der Waals surface area contributed by atoms with Crippen molar-refractivity contribution in [1.29, 1.82) is 0 Å². The van der Waals surface area contributed by atoms with E-state index in [-0.39, 0.29) is 16.5 Å². The zero-order valence-electron chi connectivity index (χ0n) is 11.3. The van der Waals surface area contributed by atoms with Crippen LogP contribution in [0.1, 0.15) is 5.56 Å². The van der Waals surface area contributed by atoms with Crippen molar-refractivity contribution >= 4 is 21.6 Å². The van der Waals surface area contributed by atoms with E-state index in [1.54, 1.807) is 11.1 Å². The van der Waals surface area contributed by atoms with Gasteiger partial charge >= 0.3 is 0 Å². The Hall–Kier alpha value is -1.14. The van der Waals surface area contributed by atoms with Crippen LogP contribution in [0, 0.1) is 11.8 Å². The lowest BCUT2D eigenvalue weighted by molar-refractivity contribution is 0.0272. The summed E-state index contributed by atoms with van der Waals surface area (Å²) >= 11 is 6.05. The molecule has 1 aliphatic heterocycles. The van der Waals surface area contributed by atoms with E-state index in [9.17, 15) is 8.42 Å². The average molecular weight is 330 g/mol. The van der Waals surface area contributed by atoms with E-state index in [1.807, 2.05) is 0 Å². The van der Waals surface area contributed by atoms with Gasteiger partial charge in [0.1, 0.15) is 4.90 Å². The molecule has 8 heteroatoms. The summed E-state index contributed by atoms with van der Waals surface area (Å²) in [4.78, 5) is 2.52. The van der Waals surface area contributed by atoms with Gasteiger partial charge in [0.2, 0.25) is 0 Å². The number of ether oxygens (including phenoxy) is 1. The molecule has 0 unspecified atom stereocenters. The highest BCUT2D eigenvalue weighted by molar-refractivity contribution is 7.89. The molecule has 0 saturated carbocycles. The number of hydrogen-bond donors (Lipinski definition) is 2. The summed E-state index contributed by atoms with van der Waals surface area (Å²) in [7, 11) is -3.71. The van der Waals surface area contributed by atoms with Crippen molar-refractivity contribution < 1.29 is 13.2 Å².